The molecule has 5 heteroatoms. The molecule has 0 N–H and O–H groups in total. The highest BCUT2D eigenvalue weighted by Gasteiger charge is 2.12. The lowest BCUT2D eigenvalue weighted by atomic mass is 10.2. The summed E-state index contributed by atoms with van der Waals surface area (Å²) in [7, 11) is -3.28. The van der Waals surface area contributed by atoms with Gasteiger partial charge in [-0.2, -0.15) is 5.26 Å². The second-order valence-corrected chi connectivity index (χ2v) is 6.29. The first-order chi connectivity index (χ1) is 9.50. The number of benzene rings is 2. The minimum Gasteiger partial charge on any atom is -0.489 e. The summed E-state index contributed by atoms with van der Waals surface area (Å²) in [4.78, 5) is 0.261. The largest absolute Gasteiger partial charge is 0.489 e. The Balaban J connectivity index is 2.22. The summed E-state index contributed by atoms with van der Waals surface area (Å²) >= 11 is 0. The van der Waals surface area contributed by atoms with Gasteiger partial charge in [0.2, 0.25) is 0 Å². The molecule has 0 radical (unpaired) electrons. The molecule has 0 aromatic heterocycles. The average molecular weight is 287 g/mol. The molecule has 2 rings (SSSR count). The highest BCUT2D eigenvalue weighted by Crippen LogP contribution is 2.19. The van der Waals surface area contributed by atoms with Gasteiger partial charge in [0.05, 0.1) is 16.5 Å². The number of hydrogen-bond acceptors (Lipinski definition) is 4. The first kappa shape index (κ1) is 14.1. The van der Waals surface area contributed by atoms with Crippen LogP contribution < -0.4 is 4.74 Å². The van der Waals surface area contributed by atoms with Crippen LogP contribution in [0.15, 0.2) is 53.4 Å². The molecule has 0 amide bonds. The van der Waals surface area contributed by atoms with Crippen LogP contribution in [0.1, 0.15) is 11.1 Å². The summed E-state index contributed by atoms with van der Waals surface area (Å²) in [5, 5.41) is 8.81. The molecule has 0 spiro atoms. The van der Waals surface area contributed by atoms with Crippen molar-refractivity contribution in [3.05, 3.63) is 59.7 Å². The zero-order chi connectivity index (χ0) is 14.6. The second kappa shape index (κ2) is 5.76. The molecule has 102 valence electrons. The molecule has 0 fully saturated rings. The van der Waals surface area contributed by atoms with E-state index in [9.17, 15) is 8.42 Å². The van der Waals surface area contributed by atoms with Crippen LogP contribution in [0.3, 0.4) is 0 Å². The lowest BCUT2D eigenvalue weighted by Crippen LogP contribution is -2.05. The predicted molar refractivity (Wildman–Crippen MR) is 75.0 cm³/mol. The summed E-state index contributed by atoms with van der Waals surface area (Å²) < 4.78 is 28.9. The summed E-state index contributed by atoms with van der Waals surface area (Å²) in [6.45, 7) is 0.137. The first-order valence-electron chi connectivity index (χ1n) is 5.91. The molecule has 0 aliphatic carbocycles. The molecule has 20 heavy (non-hydrogen) atoms. The summed E-state index contributed by atoms with van der Waals surface area (Å²) in [5.41, 5.74) is 1.09. The lowest BCUT2D eigenvalue weighted by Gasteiger charge is -2.10. The smallest absolute Gasteiger partial charge is 0.175 e. The van der Waals surface area contributed by atoms with E-state index in [2.05, 4.69) is 0 Å². The van der Waals surface area contributed by atoms with Gasteiger partial charge in [0.25, 0.3) is 0 Å². The first-order valence-corrected chi connectivity index (χ1v) is 7.81. The van der Waals surface area contributed by atoms with Crippen LogP contribution in [0.25, 0.3) is 0 Å². The van der Waals surface area contributed by atoms with E-state index in [1.165, 1.54) is 6.26 Å². The van der Waals surface area contributed by atoms with Gasteiger partial charge in [-0.15, -0.1) is 0 Å². The van der Waals surface area contributed by atoms with Crippen LogP contribution in [-0.2, 0) is 16.4 Å². The zero-order valence-electron chi connectivity index (χ0n) is 10.9. The number of nitriles is 1. The van der Waals surface area contributed by atoms with E-state index in [4.69, 9.17) is 10.00 Å². The summed E-state index contributed by atoms with van der Waals surface area (Å²) in [5.74, 6) is 0.535. The molecule has 0 saturated heterocycles. The van der Waals surface area contributed by atoms with Gasteiger partial charge in [0, 0.05) is 11.8 Å². The van der Waals surface area contributed by atoms with Crippen LogP contribution in [0.2, 0.25) is 0 Å². The predicted octanol–water partition coefficient (Wildman–Crippen LogP) is 2.54. The zero-order valence-corrected chi connectivity index (χ0v) is 11.7. The Morgan fingerprint density at radius 3 is 2.60 bits per heavy atom. The van der Waals surface area contributed by atoms with Crippen molar-refractivity contribution in [2.75, 3.05) is 6.26 Å². The van der Waals surface area contributed by atoms with Crippen molar-refractivity contribution in [3.63, 3.8) is 0 Å². The fourth-order valence-electron chi connectivity index (χ4n) is 1.80. The molecule has 2 aromatic carbocycles. The Kier molecular flexibility index (Phi) is 4.06. The average Bonchev–Trinajstić information content (AvgIpc) is 2.44. The molecule has 4 nitrogen and oxygen atoms in total. The van der Waals surface area contributed by atoms with E-state index in [0.717, 1.165) is 0 Å². The van der Waals surface area contributed by atoms with Crippen molar-refractivity contribution in [1.82, 2.24) is 0 Å². The fraction of sp³-hybridized carbons (Fsp3) is 0.133. The molecule has 0 bridgehead atoms. The van der Waals surface area contributed by atoms with Crippen molar-refractivity contribution in [2.24, 2.45) is 0 Å². The number of ether oxygens (including phenoxy) is 1. The third kappa shape index (κ3) is 3.37. The molecule has 0 atom stereocenters. The summed E-state index contributed by atoms with van der Waals surface area (Å²) in [6.07, 6.45) is 1.17. The maximum Gasteiger partial charge on any atom is 0.175 e. The normalized spacial score (nSPS) is 10.8. The highest BCUT2D eigenvalue weighted by molar-refractivity contribution is 7.90. The third-order valence-electron chi connectivity index (χ3n) is 2.73. The van der Waals surface area contributed by atoms with Crippen molar-refractivity contribution in [1.29, 1.82) is 5.26 Å². The maximum absolute atomic E-state index is 11.7. The SMILES string of the molecule is CS(=O)(=O)c1ccccc1COc1cccc(C#N)c1. The van der Waals surface area contributed by atoms with E-state index >= 15 is 0 Å². The van der Waals surface area contributed by atoms with E-state index in [-0.39, 0.29) is 11.5 Å². The van der Waals surface area contributed by atoms with Gasteiger partial charge in [-0.05, 0) is 24.3 Å². The summed E-state index contributed by atoms with van der Waals surface area (Å²) in [6, 6.07) is 15.5. The number of sulfone groups is 1. The van der Waals surface area contributed by atoms with Gasteiger partial charge in [-0.3, -0.25) is 0 Å². The molecule has 0 heterocycles. The minimum atomic E-state index is -3.28. The molecule has 2 aromatic rings. The third-order valence-corrected chi connectivity index (χ3v) is 3.93. The van der Waals surface area contributed by atoms with Crippen molar-refractivity contribution in [3.8, 4) is 11.8 Å². The van der Waals surface area contributed by atoms with Crippen molar-refractivity contribution < 1.29 is 13.2 Å². The standard InChI is InChI=1S/C15H13NO3S/c1-20(17,18)15-8-3-2-6-13(15)11-19-14-7-4-5-12(9-14)10-16/h2-9H,11H2,1H3. The van der Waals surface area contributed by atoms with Gasteiger partial charge in [-0.1, -0.05) is 24.3 Å². The monoisotopic (exact) mass is 287 g/mol. The van der Waals surface area contributed by atoms with Gasteiger partial charge < -0.3 is 4.74 Å². The Morgan fingerprint density at radius 2 is 1.90 bits per heavy atom. The van der Waals surface area contributed by atoms with Crippen LogP contribution >= 0.6 is 0 Å². The Bertz CT molecular complexity index is 761. The fourth-order valence-corrected chi connectivity index (χ4v) is 2.73. The number of rotatable bonds is 4. The van der Waals surface area contributed by atoms with Gasteiger partial charge in [0.15, 0.2) is 9.84 Å². The quantitative estimate of drug-likeness (QED) is 0.866. The van der Waals surface area contributed by atoms with Crippen molar-refractivity contribution in [2.45, 2.75) is 11.5 Å². The van der Waals surface area contributed by atoms with E-state index in [1.54, 1.807) is 48.5 Å². The molecule has 0 aliphatic heterocycles. The van der Waals surface area contributed by atoms with Crippen LogP contribution in [0.4, 0.5) is 0 Å². The lowest BCUT2D eigenvalue weighted by molar-refractivity contribution is 0.303. The topological polar surface area (TPSA) is 67.2 Å². The second-order valence-electron chi connectivity index (χ2n) is 4.31. The molecule has 0 saturated carbocycles. The molecule has 0 unspecified atom stereocenters. The van der Waals surface area contributed by atoms with Gasteiger partial charge in [0.1, 0.15) is 12.4 Å². The maximum atomic E-state index is 11.7. The van der Waals surface area contributed by atoms with E-state index in [0.29, 0.717) is 16.9 Å². The Morgan fingerprint density at radius 1 is 1.15 bits per heavy atom. The highest BCUT2D eigenvalue weighted by atomic mass is 32.2. The number of nitrogens with zero attached hydrogens (tertiary/aromatic N) is 1. The molecule has 0 aliphatic rings. The van der Waals surface area contributed by atoms with Crippen LogP contribution in [0.5, 0.6) is 5.75 Å². The van der Waals surface area contributed by atoms with E-state index < -0.39 is 9.84 Å². The number of hydrogen-bond donors (Lipinski definition) is 0. The van der Waals surface area contributed by atoms with Crippen LogP contribution in [0, 0.1) is 11.3 Å². The van der Waals surface area contributed by atoms with Gasteiger partial charge >= 0.3 is 0 Å². The Labute approximate surface area is 118 Å². The van der Waals surface area contributed by atoms with Gasteiger partial charge in [-0.25, -0.2) is 8.42 Å². The Hall–Kier alpha value is -2.32. The van der Waals surface area contributed by atoms with Crippen LogP contribution in [-0.4, -0.2) is 14.7 Å². The minimum absolute atomic E-state index is 0.137. The van der Waals surface area contributed by atoms with Crippen molar-refractivity contribution >= 4 is 9.84 Å². The molecular weight excluding hydrogens is 274 g/mol. The molecular formula is C15H13NO3S. The van der Waals surface area contributed by atoms with E-state index in [1.807, 2.05) is 6.07 Å².